The van der Waals surface area contributed by atoms with Crippen LogP contribution in [0.15, 0.2) is 48.5 Å². The van der Waals surface area contributed by atoms with Gasteiger partial charge in [0.2, 0.25) is 0 Å². The molecular weight excluding hydrogens is 332 g/mol. The molecule has 0 N–H and O–H groups in total. The zero-order chi connectivity index (χ0) is 17.7. The number of hydrogen-bond donors (Lipinski definition) is 0. The van der Waals surface area contributed by atoms with Gasteiger partial charge in [-0.05, 0) is 38.1 Å². The van der Waals surface area contributed by atoms with Crippen LogP contribution in [0.5, 0.6) is 5.75 Å². The fourth-order valence-electron chi connectivity index (χ4n) is 2.27. The first-order valence-corrected chi connectivity index (χ1v) is 7.78. The zero-order valence-electron chi connectivity index (χ0n) is 13.3. The topological polar surface area (TPSA) is 72.7 Å². The second-order valence-corrected chi connectivity index (χ2v) is 5.48. The molecule has 0 saturated carbocycles. The van der Waals surface area contributed by atoms with Gasteiger partial charge in [-0.1, -0.05) is 29.8 Å². The van der Waals surface area contributed by atoms with Crippen LogP contribution in [0.4, 0.5) is 11.4 Å². The van der Waals surface area contributed by atoms with Crippen molar-refractivity contribution in [2.24, 2.45) is 0 Å². The lowest BCUT2D eigenvalue weighted by atomic mass is 10.2. The van der Waals surface area contributed by atoms with E-state index in [2.05, 4.69) is 0 Å². The summed E-state index contributed by atoms with van der Waals surface area (Å²) in [6.45, 7) is 3.87. The van der Waals surface area contributed by atoms with Gasteiger partial charge in [-0.2, -0.15) is 0 Å². The van der Waals surface area contributed by atoms with E-state index >= 15 is 0 Å². The highest BCUT2D eigenvalue weighted by Crippen LogP contribution is 2.31. The van der Waals surface area contributed by atoms with Crippen LogP contribution in [-0.2, 0) is 4.79 Å². The lowest BCUT2D eigenvalue weighted by Gasteiger charge is -2.24. The van der Waals surface area contributed by atoms with Crippen LogP contribution < -0.4 is 9.64 Å². The molecule has 0 saturated heterocycles. The van der Waals surface area contributed by atoms with E-state index < -0.39 is 11.0 Å². The van der Waals surface area contributed by atoms with Crippen LogP contribution in [0.1, 0.15) is 13.8 Å². The Kier molecular flexibility index (Phi) is 5.76. The normalized spacial score (nSPS) is 11.6. The zero-order valence-corrected chi connectivity index (χ0v) is 14.1. The van der Waals surface area contributed by atoms with Gasteiger partial charge in [0.05, 0.1) is 4.92 Å². The molecule has 7 heteroatoms. The van der Waals surface area contributed by atoms with E-state index in [1.165, 1.54) is 18.2 Å². The van der Waals surface area contributed by atoms with Gasteiger partial charge in [-0.15, -0.1) is 0 Å². The molecule has 0 radical (unpaired) electrons. The molecule has 2 aromatic carbocycles. The number of ether oxygens (including phenoxy) is 1. The Labute approximate surface area is 144 Å². The SMILES string of the molecule is CCN(C(=O)[C@@H](C)Oc1ccc(Cl)cc1[N+](=O)[O-])c1ccccc1. The third-order valence-corrected chi connectivity index (χ3v) is 3.65. The van der Waals surface area contributed by atoms with Gasteiger partial charge >= 0.3 is 5.69 Å². The number of carbonyl (C=O) groups is 1. The summed E-state index contributed by atoms with van der Waals surface area (Å²) < 4.78 is 5.54. The number of para-hydroxylation sites is 1. The van der Waals surface area contributed by atoms with Crippen molar-refractivity contribution >= 4 is 28.9 Å². The molecule has 1 atom stereocenters. The molecule has 0 aliphatic heterocycles. The van der Waals surface area contributed by atoms with Gasteiger partial charge in [-0.3, -0.25) is 14.9 Å². The molecule has 0 fully saturated rings. The molecule has 24 heavy (non-hydrogen) atoms. The molecule has 0 unspecified atom stereocenters. The van der Waals surface area contributed by atoms with Crippen molar-refractivity contribution in [2.45, 2.75) is 20.0 Å². The number of benzene rings is 2. The Morgan fingerprint density at radius 2 is 1.96 bits per heavy atom. The van der Waals surface area contributed by atoms with Crippen molar-refractivity contribution in [3.63, 3.8) is 0 Å². The second kappa shape index (κ2) is 7.79. The third kappa shape index (κ3) is 4.02. The van der Waals surface area contributed by atoms with E-state index in [1.54, 1.807) is 11.8 Å². The molecule has 1 amide bonds. The van der Waals surface area contributed by atoms with Gasteiger partial charge < -0.3 is 9.64 Å². The second-order valence-electron chi connectivity index (χ2n) is 5.05. The standard InChI is InChI=1S/C17H17ClN2O4/c1-3-19(14-7-5-4-6-8-14)17(21)12(2)24-16-10-9-13(18)11-15(16)20(22)23/h4-12H,3H2,1-2H3/t12-/m1/s1. The van der Waals surface area contributed by atoms with Crippen LogP contribution in [0.25, 0.3) is 0 Å². The number of hydrogen-bond acceptors (Lipinski definition) is 4. The summed E-state index contributed by atoms with van der Waals surface area (Å²) in [4.78, 5) is 24.7. The Morgan fingerprint density at radius 1 is 1.29 bits per heavy atom. The maximum atomic E-state index is 12.6. The van der Waals surface area contributed by atoms with Gasteiger partial charge in [0.15, 0.2) is 11.9 Å². The highest BCUT2D eigenvalue weighted by Gasteiger charge is 2.25. The van der Waals surface area contributed by atoms with E-state index in [9.17, 15) is 14.9 Å². The van der Waals surface area contributed by atoms with Crippen molar-refractivity contribution in [3.05, 3.63) is 63.7 Å². The predicted octanol–water partition coefficient (Wildman–Crippen LogP) is 4.07. The molecular formula is C17H17ClN2O4. The molecule has 0 spiro atoms. The third-order valence-electron chi connectivity index (χ3n) is 3.42. The number of likely N-dealkylation sites (N-methyl/N-ethyl adjacent to an activating group) is 1. The van der Waals surface area contributed by atoms with Crippen LogP contribution in [0.3, 0.4) is 0 Å². The Bertz CT molecular complexity index is 737. The number of nitro benzene ring substituents is 1. The number of carbonyl (C=O) groups excluding carboxylic acids is 1. The molecule has 0 aliphatic carbocycles. The molecule has 0 aromatic heterocycles. The van der Waals surface area contributed by atoms with Gasteiger partial charge in [0.25, 0.3) is 5.91 Å². The molecule has 2 aromatic rings. The summed E-state index contributed by atoms with van der Waals surface area (Å²) in [6, 6.07) is 13.2. The maximum Gasteiger partial charge on any atom is 0.312 e. The van der Waals surface area contributed by atoms with E-state index in [-0.39, 0.29) is 22.4 Å². The van der Waals surface area contributed by atoms with Crippen LogP contribution >= 0.6 is 11.6 Å². The number of rotatable bonds is 6. The maximum absolute atomic E-state index is 12.6. The smallest absolute Gasteiger partial charge is 0.312 e. The van der Waals surface area contributed by atoms with Gasteiger partial charge in [0.1, 0.15) is 0 Å². The van der Waals surface area contributed by atoms with E-state index in [4.69, 9.17) is 16.3 Å². The molecule has 126 valence electrons. The lowest BCUT2D eigenvalue weighted by molar-refractivity contribution is -0.386. The fraction of sp³-hybridized carbons (Fsp3) is 0.235. The van der Waals surface area contributed by atoms with Crippen molar-refractivity contribution in [1.29, 1.82) is 0 Å². The predicted molar refractivity (Wildman–Crippen MR) is 92.7 cm³/mol. The minimum absolute atomic E-state index is 0.00867. The van der Waals surface area contributed by atoms with E-state index in [0.717, 1.165) is 5.69 Å². The lowest BCUT2D eigenvalue weighted by Crippen LogP contribution is -2.40. The molecule has 0 aliphatic rings. The van der Waals surface area contributed by atoms with Crippen LogP contribution in [-0.4, -0.2) is 23.5 Å². The number of amides is 1. The minimum Gasteiger partial charge on any atom is -0.474 e. The average Bonchev–Trinajstić information content (AvgIpc) is 2.57. The Hall–Kier alpha value is -2.60. The summed E-state index contributed by atoms with van der Waals surface area (Å²) in [5.41, 5.74) is 0.468. The fourth-order valence-corrected chi connectivity index (χ4v) is 2.43. The van der Waals surface area contributed by atoms with E-state index in [1.807, 2.05) is 37.3 Å². The Balaban J connectivity index is 2.21. The van der Waals surface area contributed by atoms with Gasteiger partial charge in [0, 0.05) is 23.3 Å². The highest BCUT2D eigenvalue weighted by atomic mass is 35.5. The van der Waals surface area contributed by atoms with Crippen molar-refractivity contribution in [1.82, 2.24) is 0 Å². The minimum atomic E-state index is -0.884. The molecule has 2 rings (SSSR count). The van der Waals surface area contributed by atoms with Crippen molar-refractivity contribution in [3.8, 4) is 5.75 Å². The number of nitrogens with zero attached hydrogens (tertiary/aromatic N) is 2. The van der Waals surface area contributed by atoms with E-state index in [0.29, 0.717) is 6.54 Å². The first-order valence-electron chi connectivity index (χ1n) is 7.41. The molecule has 0 bridgehead atoms. The summed E-state index contributed by atoms with van der Waals surface area (Å²) in [6.07, 6.45) is -0.884. The number of nitro groups is 1. The van der Waals surface area contributed by atoms with Crippen molar-refractivity contribution < 1.29 is 14.5 Å². The largest absolute Gasteiger partial charge is 0.474 e. The van der Waals surface area contributed by atoms with Crippen molar-refractivity contribution in [2.75, 3.05) is 11.4 Å². The number of anilines is 1. The number of halogens is 1. The average molecular weight is 349 g/mol. The highest BCUT2D eigenvalue weighted by molar-refractivity contribution is 6.30. The summed E-state index contributed by atoms with van der Waals surface area (Å²) >= 11 is 5.78. The summed E-state index contributed by atoms with van der Waals surface area (Å²) in [5.74, 6) is -0.276. The van der Waals surface area contributed by atoms with Crippen LogP contribution in [0.2, 0.25) is 5.02 Å². The molecule has 6 nitrogen and oxygen atoms in total. The molecule has 0 heterocycles. The first-order chi connectivity index (χ1) is 11.4. The van der Waals surface area contributed by atoms with Crippen LogP contribution in [0, 0.1) is 10.1 Å². The summed E-state index contributed by atoms with van der Waals surface area (Å²) in [7, 11) is 0. The first kappa shape index (κ1) is 17.7. The van der Waals surface area contributed by atoms with Gasteiger partial charge in [-0.25, -0.2) is 0 Å². The quantitative estimate of drug-likeness (QED) is 0.582. The Morgan fingerprint density at radius 3 is 2.54 bits per heavy atom. The summed E-state index contributed by atoms with van der Waals surface area (Å²) in [5, 5.41) is 11.3. The monoisotopic (exact) mass is 348 g/mol.